The molecule has 3 rings (SSSR count). The van der Waals surface area contributed by atoms with Crippen LogP contribution in [0.5, 0.6) is 11.5 Å². The highest BCUT2D eigenvalue weighted by atomic mass is 35.5. The average molecular weight is 473 g/mol. The minimum atomic E-state index is -0.374. The fraction of sp³-hybridized carbons (Fsp3) is 0.462. The Morgan fingerprint density at radius 3 is 2.48 bits per heavy atom. The Morgan fingerprint density at radius 1 is 1.09 bits per heavy atom. The number of ether oxygens (including phenoxy) is 2. The maximum absolute atomic E-state index is 13.3. The van der Waals surface area contributed by atoms with Crippen LogP contribution in [0.3, 0.4) is 0 Å². The van der Waals surface area contributed by atoms with Gasteiger partial charge in [0, 0.05) is 24.5 Å². The van der Waals surface area contributed by atoms with E-state index in [-0.39, 0.29) is 30.3 Å². The van der Waals surface area contributed by atoms with Gasteiger partial charge in [-0.05, 0) is 67.5 Å². The third kappa shape index (κ3) is 6.87. The van der Waals surface area contributed by atoms with E-state index in [0.29, 0.717) is 16.5 Å². The number of rotatable bonds is 9. The van der Waals surface area contributed by atoms with E-state index in [1.807, 2.05) is 35.2 Å². The molecule has 1 saturated heterocycles. The minimum absolute atomic E-state index is 0.0701. The second-order valence-electron chi connectivity index (χ2n) is 8.47. The molecule has 1 aliphatic rings. The summed E-state index contributed by atoms with van der Waals surface area (Å²) in [6.07, 6.45) is 5.07. The van der Waals surface area contributed by atoms with E-state index in [9.17, 15) is 9.59 Å². The van der Waals surface area contributed by atoms with Gasteiger partial charge in [-0.3, -0.25) is 9.59 Å². The van der Waals surface area contributed by atoms with Crippen LogP contribution in [0.2, 0.25) is 5.02 Å². The summed E-state index contributed by atoms with van der Waals surface area (Å²) in [7, 11) is 3.26. The van der Waals surface area contributed by atoms with Crippen molar-refractivity contribution < 1.29 is 19.1 Å². The van der Waals surface area contributed by atoms with Crippen molar-refractivity contribution in [3.63, 3.8) is 0 Å². The molecule has 0 bridgehead atoms. The number of hydrogen-bond donors (Lipinski definition) is 1. The number of benzene rings is 2. The van der Waals surface area contributed by atoms with Crippen molar-refractivity contribution in [3.05, 3.63) is 58.6 Å². The summed E-state index contributed by atoms with van der Waals surface area (Å²) < 4.78 is 10.7. The first-order chi connectivity index (χ1) is 15.9. The van der Waals surface area contributed by atoms with Crippen molar-refractivity contribution in [1.82, 2.24) is 10.2 Å². The number of methoxy groups -OCH3 is 2. The summed E-state index contributed by atoms with van der Waals surface area (Å²) >= 11 is 6.01. The first-order valence-electron chi connectivity index (χ1n) is 11.4. The predicted octanol–water partition coefficient (Wildman–Crippen LogP) is 4.94. The van der Waals surface area contributed by atoms with Gasteiger partial charge in [0.25, 0.3) is 0 Å². The molecule has 1 heterocycles. The van der Waals surface area contributed by atoms with Gasteiger partial charge in [-0.2, -0.15) is 0 Å². The van der Waals surface area contributed by atoms with Crippen molar-refractivity contribution in [2.75, 3.05) is 20.8 Å². The molecule has 0 aliphatic carbocycles. The third-order valence-corrected chi connectivity index (χ3v) is 6.44. The summed E-state index contributed by atoms with van der Waals surface area (Å²) in [5, 5.41) is 3.55. The normalized spacial score (nSPS) is 16.7. The molecule has 0 spiro atoms. The zero-order valence-corrected chi connectivity index (χ0v) is 20.4. The van der Waals surface area contributed by atoms with Crippen LogP contribution in [0, 0.1) is 0 Å². The number of halogens is 1. The van der Waals surface area contributed by atoms with Crippen molar-refractivity contribution in [2.24, 2.45) is 0 Å². The van der Waals surface area contributed by atoms with Gasteiger partial charge in [0.05, 0.1) is 26.7 Å². The highest BCUT2D eigenvalue weighted by Gasteiger charge is 2.29. The van der Waals surface area contributed by atoms with Crippen LogP contribution < -0.4 is 14.8 Å². The molecule has 0 saturated carbocycles. The average Bonchev–Trinajstić information content (AvgIpc) is 2.82. The second-order valence-corrected chi connectivity index (χ2v) is 8.91. The van der Waals surface area contributed by atoms with Gasteiger partial charge in [-0.1, -0.05) is 29.8 Å². The number of nitrogens with one attached hydrogen (secondary N) is 1. The second kappa shape index (κ2) is 11.9. The fourth-order valence-electron chi connectivity index (χ4n) is 4.48. The number of aryl methyl sites for hydroxylation is 1. The number of amides is 2. The van der Waals surface area contributed by atoms with Crippen molar-refractivity contribution >= 4 is 23.4 Å². The Bertz CT molecular complexity index is 948. The van der Waals surface area contributed by atoms with E-state index in [0.717, 1.165) is 49.8 Å². The van der Waals surface area contributed by atoms with E-state index in [2.05, 4.69) is 5.32 Å². The standard InChI is InChI=1S/C26H33ClN2O4/c1-18(30)28-23(20-9-11-21(27)12-10-20)17-26(31)29-15-5-4-6-22(29)13-7-19-8-14-24(32-2)25(16-19)33-3/h8-12,14,16,22-23H,4-7,13,15,17H2,1-3H3,(H,28,30). The monoisotopic (exact) mass is 472 g/mol. The van der Waals surface area contributed by atoms with Gasteiger partial charge >= 0.3 is 0 Å². The van der Waals surface area contributed by atoms with Gasteiger partial charge in [-0.25, -0.2) is 0 Å². The van der Waals surface area contributed by atoms with Crippen molar-refractivity contribution in [2.45, 2.75) is 57.5 Å². The summed E-state index contributed by atoms with van der Waals surface area (Å²) in [5.74, 6) is 1.33. The molecule has 0 radical (unpaired) electrons. The highest BCUT2D eigenvalue weighted by molar-refractivity contribution is 6.30. The van der Waals surface area contributed by atoms with Gasteiger partial charge in [0.2, 0.25) is 11.8 Å². The third-order valence-electron chi connectivity index (χ3n) is 6.19. The van der Waals surface area contributed by atoms with Crippen LogP contribution >= 0.6 is 11.6 Å². The Balaban J connectivity index is 1.68. The first-order valence-corrected chi connectivity index (χ1v) is 11.8. The molecule has 2 aromatic rings. The summed E-state index contributed by atoms with van der Waals surface area (Å²) in [5.41, 5.74) is 2.03. The van der Waals surface area contributed by atoms with Gasteiger partial charge < -0.3 is 19.7 Å². The van der Waals surface area contributed by atoms with Crippen molar-refractivity contribution in [3.8, 4) is 11.5 Å². The topological polar surface area (TPSA) is 67.9 Å². The lowest BCUT2D eigenvalue weighted by atomic mass is 9.94. The molecule has 2 atom stereocenters. The van der Waals surface area contributed by atoms with Gasteiger partial charge in [-0.15, -0.1) is 0 Å². The molecular formula is C26H33ClN2O4. The Morgan fingerprint density at radius 2 is 1.82 bits per heavy atom. The lowest BCUT2D eigenvalue weighted by molar-refractivity contribution is -0.135. The fourth-order valence-corrected chi connectivity index (χ4v) is 4.61. The van der Waals surface area contributed by atoms with Crippen LogP contribution in [0.15, 0.2) is 42.5 Å². The summed E-state index contributed by atoms with van der Waals surface area (Å²) in [6, 6.07) is 13.1. The number of piperidine rings is 1. The maximum Gasteiger partial charge on any atom is 0.225 e. The number of carbonyl (C=O) groups excluding carboxylic acids is 2. The van der Waals surface area contributed by atoms with Crippen LogP contribution in [-0.2, 0) is 16.0 Å². The predicted molar refractivity (Wildman–Crippen MR) is 130 cm³/mol. The van der Waals surface area contributed by atoms with E-state index in [1.165, 1.54) is 6.92 Å². The largest absolute Gasteiger partial charge is 0.493 e. The van der Waals surface area contributed by atoms with E-state index in [4.69, 9.17) is 21.1 Å². The number of likely N-dealkylation sites (tertiary alicyclic amines) is 1. The van der Waals surface area contributed by atoms with E-state index < -0.39 is 0 Å². The molecule has 1 aliphatic heterocycles. The molecule has 178 valence electrons. The maximum atomic E-state index is 13.3. The highest BCUT2D eigenvalue weighted by Crippen LogP contribution is 2.30. The molecule has 2 unspecified atom stereocenters. The smallest absolute Gasteiger partial charge is 0.225 e. The number of hydrogen-bond acceptors (Lipinski definition) is 4. The van der Waals surface area contributed by atoms with Crippen LogP contribution in [0.25, 0.3) is 0 Å². The molecule has 1 fully saturated rings. The first kappa shape index (κ1) is 24.9. The van der Waals surface area contributed by atoms with Gasteiger partial charge in [0.15, 0.2) is 11.5 Å². The van der Waals surface area contributed by atoms with Crippen molar-refractivity contribution in [1.29, 1.82) is 0 Å². The zero-order valence-electron chi connectivity index (χ0n) is 19.6. The van der Waals surface area contributed by atoms with Crippen LogP contribution in [-0.4, -0.2) is 43.5 Å². The number of carbonyl (C=O) groups is 2. The van der Waals surface area contributed by atoms with E-state index in [1.54, 1.807) is 26.4 Å². The molecular weight excluding hydrogens is 440 g/mol. The lowest BCUT2D eigenvalue weighted by Gasteiger charge is -2.37. The van der Waals surface area contributed by atoms with E-state index >= 15 is 0 Å². The molecule has 33 heavy (non-hydrogen) atoms. The molecule has 2 amide bonds. The lowest BCUT2D eigenvalue weighted by Crippen LogP contribution is -2.45. The molecule has 0 aromatic heterocycles. The molecule has 1 N–H and O–H groups in total. The Labute approximate surface area is 201 Å². The minimum Gasteiger partial charge on any atom is -0.493 e. The number of nitrogens with zero attached hydrogens (tertiary/aromatic N) is 1. The quantitative estimate of drug-likeness (QED) is 0.561. The Hall–Kier alpha value is -2.73. The molecule has 2 aromatic carbocycles. The van der Waals surface area contributed by atoms with Crippen LogP contribution in [0.4, 0.5) is 0 Å². The zero-order chi connectivity index (χ0) is 23.8. The SMILES string of the molecule is COc1ccc(CCC2CCCCN2C(=O)CC(NC(C)=O)c2ccc(Cl)cc2)cc1OC. The van der Waals surface area contributed by atoms with Gasteiger partial charge in [0.1, 0.15) is 0 Å². The summed E-state index contributed by atoms with van der Waals surface area (Å²) in [6.45, 7) is 2.23. The van der Waals surface area contributed by atoms with Crippen LogP contribution in [0.1, 0.15) is 56.2 Å². The summed E-state index contributed by atoms with van der Waals surface area (Å²) in [4.78, 5) is 27.1. The molecule has 6 nitrogen and oxygen atoms in total. The molecule has 7 heteroatoms. The Kier molecular flexibility index (Phi) is 9.01.